The van der Waals surface area contributed by atoms with Crippen molar-refractivity contribution in [3.63, 3.8) is 0 Å². The van der Waals surface area contributed by atoms with Crippen molar-refractivity contribution < 1.29 is 9.21 Å². The van der Waals surface area contributed by atoms with E-state index in [1.807, 2.05) is 6.92 Å². The van der Waals surface area contributed by atoms with E-state index >= 15 is 0 Å². The SMILES string of the molecule is CCc1nnc(CNC(=O)[C@@H]2CCCN(C3CCCCC3)C2)o1. The van der Waals surface area contributed by atoms with Gasteiger partial charge in [-0.1, -0.05) is 26.2 Å². The van der Waals surface area contributed by atoms with Crippen molar-refractivity contribution in [3.8, 4) is 0 Å². The van der Waals surface area contributed by atoms with Crippen LogP contribution in [-0.4, -0.2) is 40.1 Å². The van der Waals surface area contributed by atoms with Crippen LogP contribution in [-0.2, 0) is 17.8 Å². The molecule has 1 amide bonds. The summed E-state index contributed by atoms with van der Waals surface area (Å²) in [6.45, 7) is 4.36. The summed E-state index contributed by atoms with van der Waals surface area (Å²) in [6.07, 6.45) is 9.49. The van der Waals surface area contributed by atoms with Gasteiger partial charge in [-0.3, -0.25) is 9.69 Å². The molecule has 0 unspecified atom stereocenters. The van der Waals surface area contributed by atoms with Crippen LogP contribution in [0.15, 0.2) is 4.42 Å². The van der Waals surface area contributed by atoms with Crippen molar-refractivity contribution in [2.75, 3.05) is 13.1 Å². The van der Waals surface area contributed by atoms with Crippen LogP contribution in [0.25, 0.3) is 0 Å². The number of likely N-dealkylation sites (tertiary alicyclic amines) is 1. The van der Waals surface area contributed by atoms with Crippen molar-refractivity contribution in [1.29, 1.82) is 0 Å². The summed E-state index contributed by atoms with van der Waals surface area (Å²) in [7, 11) is 0. The maximum atomic E-state index is 12.4. The van der Waals surface area contributed by atoms with E-state index in [9.17, 15) is 4.79 Å². The number of rotatable bonds is 5. The van der Waals surface area contributed by atoms with E-state index < -0.39 is 0 Å². The molecule has 1 N–H and O–H groups in total. The summed E-state index contributed by atoms with van der Waals surface area (Å²) in [5.74, 6) is 1.34. The molecule has 1 aromatic rings. The largest absolute Gasteiger partial charge is 0.423 e. The molecule has 0 aromatic carbocycles. The lowest BCUT2D eigenvalue weighted by atomic mass is 9.90. The van der Waals surface area contributed by atoms with E-state index in [1.165, 1.54) is 32.1 Å². The van der Waals surface area contributed by atoms with Crippen molar-refractivity contribution in [2.24, 2.45) is 5.92 Å². The van der Waals surface area contributed by atoms with Crippen molar-refractivity contribution in [1.82, 2.24) is 20.4 Å². The molecule has 1 aliphatic carbocycles. The van der Waals surface area contributed by atoms with Crippen LogP contribution in [0, 0.1) is 5.92 Å². The number of carbonyl (C=O) groups excluding carboxylic acids is 1. The number of carbonyl (C=O) groups is 1. The molecular formula is C17H28N4O2. The van der Waals surface area contributed by atoms with Crippen molar-refractivity contribution >= 4 is 5.91 Å². The lowest BCUT2D eigenvalue weighted by Crippen LogP contribution is -2.47. The highest BCUT2D eigenvalue weighted by molar-refractivity contribution is 5.78. The van der Waals surface area contributed by atoms with E-state index in [0.29, 0.717) is 24.4 Å². The Morgan fingerprint density at radius 1 is 1.17 bits per heavy atom. The molecule has 6 nitrogen and oxygen atoms in total. The summed E-state index contributed by atoms with van der Waals surface area (Å²) in [6, 6.07) is 0.697. The number of hydrogen-bond donors (Lipinski definition) is 1. The number of nitrogens with zero attached hydrogens (tertiary/aromatic N) is 3. The predicted octanol–water partition coefficient (Wildman–Crippen LogP) is 2.29. The average Bonchev–Trinajstić information content (AvgIpc) is 3.09. The standard InChI is InChI=1S/C17H28N4O2/c1-2-15-19-20-16(23-15)11-18-17(22)13-7-6-10-21(12-13)14-8-4-3-5-9-14/h13-14H,2-12H2,1H3,(H,18,22)/t13-/m1/s1. The summed E-state index contributed by atoms with van der Waals surface area (Å²) in [4.78, 5) is 15.0. The third kappa shape index (κ3) is 4.31. The first-order chi connectivity index (χ1) is 11.3. The number of piperidine rings is 1. The molecule has 1 aromatic heterocycles. The van der Waals surface area contributed by atoms with E-state index in [4.69, 9.17) is 4.42 Å². The zero-order valence-electron chi connectivity index (χ0n) is 14.1. The quantitative estimate of drug-likeness (QED) is 0.901. The monoisotopic (exact) mass is 320 g/mol. The van der Waals surface area contributed by atoms with Gasteiger partial charge in [-0.15, -0.1) is 10.2 Å². The lowest BCUT2D eigenvalue weighted by molar-refractivity contribution is -0.127. The zero-order chi connectivity index (χ0) is 16.1. The molecule has 0 bridgehead atoms. The number of aryl methyl sites for hydroxylation is 1. The van der Waals surface area contributed by atoms with Gasteiger partial charge in [0.15, 0.2) is 0 Å². The molecule has 2 fully saturated rings. The highest BCUT2D eigenvalue weighted by atomic mass is 16.4. The van der Waals surface area contributed by atoms with Gasteiger partial charge in [0.25, 0.3) is 0 Å². The fraction of sp³-hybridized carbons (Fsp3) is 0.824. The maximum absolute atomic E-state index is 12.4. The van der Waals surface area contributed by atoms with Gasteiger partial charge < -0.3 is 9.73 Å². The molecule has 3 rings (SSSR count). The van der Waals surface area contributed by atoms with E-state index in [1.54, 1.807) is 0 Å². The summed E-state index contributed by atoms with van der Waals surface area (Å²) < 4.78 is 5.44. The molecular weight excluding hydrogens is 292 g/mol. The third-order valence-corrected chi connectivity index (χ3v) is 5.14. The molecule has 23 heavy (non-hydrogen) atoms. The smallest absolute Gasteiger partial charge is 0.235 e. The van der Waals surface area contributed by atoms with E-state index in [-0.39, 0.29) is 11.8 Å². The molecule has 1 saturated carbocycles. The first-order valence-corrected chi connectivity index (χ1v) is 9.09. The minimum Gasteiger partial charge on any atom is -0.423 e. The fourth-order valence-electron chi connectivity index (χ4n) is 3.81. The number of hydrogen-bond acceptors (Lipinski definition) is 5. The first-order valence-electron chi connectivity index (χ1n) is 9.09. The van der Waals surface area contributed by atoms with Crippen LogP contribution in [0.5, 0.6) is 0 Å². The molecule has 0 spiro atoms. The second kappa shape index (κ2) is 7.90. The van der Waals surface area contributed by atoms with Crippen LogP contribution >= 0.6 is 0 Å². The second-order valence-electron chi connectivity index (χ2n) is 6.79. The van der Waals surface area contributed by atoms with Crippen molar-refractivity contribution in [2.45, 2.75) is 70.9 Å². The number of aromatic nitrogens is 2. The number of nitrogens with one attached hydrogen (secondary N) is 1. The molecule has 128 valence electrons. The summed E-state index contributed by atoms with van der Waals surface area (Å²) >= 11 is 0. The van der Waals surface area contributed by atoms with Crippen LogP contribution in [0.2, 0.25) is 0 Å². The van der Waals surface area contributed by atoms with Crippen LogP contribution in [0.3, 0.4) is 0 Å². The van der Waals surface area contributed by atoms with Gasteiger partial charge in [-0.2, -0.15) is 0 Å². The normalized spacial score (nSPS) is 23.8. The van der Waals surface area contributed by atoms with Crippen LogP contribution in [0.4, 0.5) is 0 Å². The topological polar surface area (TPSA) is 71.3 Å². The Bertz CT molecular complexity index is 510. The van der Waals surface area contributed by atoms with Gasteiger partial charge in [0.2, 0.25) is 17.7 Å². The zero-order valence-corrected chi connectivity index (χ0v) is 14.1. The highest BCUT2D eigenvalue weighted by Gasteiger charge is 2.30. The Hall–Kier alpha value is -1.43. The van der Waals surface area contributed by atoms with Crippen molar-refractivity contribution in [3.05, 3.63) is 11.8 Å². The lowest BCUT2D eigenvalue weighted by Gasteiger charge is -2.39. The molecule has 1 aliphatic heterocycles. The Balaban J connectivity index is 1.48. The van der Waals surface area contributed by atoms with Gasteiger partial charge in [0.05, 0.1) is 12.5 Å². The second-order valence-corrected chi connectivity index (χ2v) is 6.79. The van der Waals surface area contributed by atoms with Gasteiger partial charge >= 0.3 is 0 Å². The summed E-state index contributed by atoms with van der Waals surface area (Å²) in [5, 5.41) is 10.8. The van der Waals surface area contributed by atoms with E-state index in [2.05, 4.69) is 20.4 Å². The molecule has 6 heteroatoms. The van der Waals surface area contributed by atoms with Gasteiger partial charge in [0.1, 0.15) is 0 Å². The molecule has 2 aliphatic rings. The fourth-order valence-corrected chi connectivity index (χ4v) is 3.81. The van der Waals surface area contributed by atoms with Gasteiger partial charge in [-0.05, 0) is 32.2 Å². The van der Waals surface area contributed by atoms with Crippen LogP contribution < -0.4 is 5.32 Å². The Morgan fingerprint density at radius 3 is 2.70 bits per heavy atom. The molecule has 1 atom stereocenters. The van der Waals surface area contributed by atoms with Gasteiger partial charge in [-0.25, -0.2) is 0 Å². The van der Waals surface area contributed by atoms with E-state index in [0.717, 1.165) is 32.4 Å². The molecule has 0 radical (unpaired) electrons. The number of amides is 1. The maximum Gasteiger partial charge on any atom is 0.235 e. The third-order valence-electron chi connectivity index (χ3n) is 5.14. The van der Waals surface area contributed by atoms with Crippen LogP contribution in [0.1, 0.15) is 63.7 Å². The Kier molecular flexibility index (Phi) is 5.65. The average molecular weight is 320 g/mol. The molecule has 1 saturated heterocycles. The first kappa shape index (κ1) is 16.4. The van der Waals surface area contributed by atoms with Gasteiger partial charge in [0, 0.05) is 19.0 Å². The highest BCUT2D eigenvalue weighted by Crippen LogP contribution is 2.27. The Labute approximate surface area is 138 Å². The summed E-state index contributed by atoms with van der Waals surface area (Å²) in [5.41, 5.74) is 0. The minimum absolute atomic E-state index is 0.0965. The minimum atomic E-state index is 0.0965. The Morgan fingerprint density at radius 2 is 1.96 bits per heavy atom. The predicted molar refractivity (Wildman–Crippen MR) is 86.7 cm³/mol. The molecule has 2 heterocycles.